The van der Waals surface area contributed by atoms with Gasteiger partial charge in [0, 0.05) is 13.0 Å². The first-order valence-electron chi connectivity index (χ1n) is 11.0. The van der Waals surface area contributed by atoms with E-state index in [4.69, 9.17) is 23.2 Å². The number of sulfone groups is 1. The Balaban J connectivity index is 2.39. The summed E-state index contributed by atoms with van der Waals surface area (Å²) in [5.74, 6) is -11.2. The first kappa shape index (κ1) is 33.8. The van der Waals surface area contributed by atoms with Gasteiger partial charge in [-0.15, -0.1) is 0 Å². The SMILES string of the molecule is C[C@H](CS(=O)(=O)CC(F)(F)F)NC(=O)c1ccc(/C=C/C(c2cc(Cl)c(F)c(Cl)c2)C(C)(F)F)cc1C(F)(F)F. The van der Waals surface area contributed by atoms with E-state index in [1.54, 1.807) is 0 Å². The normalized spacial score (nSPS) is 14.8. The van der Waals surface area contributed by atoms with Crippen LogP contribution in [-0.2, 0) is 16.0 Å². The summed E-state index contributed by atoms with van der Waals surface area (Å²) in [5.41, 5.74) is -3.02. The summed E-state index contributed by atoms with van der Waals surface area (Å²) in [6.07, 6.45) is -8.46. The lowest BCUT2D eigenvalue weighted by Crippen LogP contribution is -2.40. The monoisotopic (exact) mass is 643 g/mol. The Morgan fingerprint density at radius 3 is 2.02 bits per heavy atom. The molecule has 2 aromatic carbocycles. The van der Waals surface area contributed by atoms with Crippen LogP contribution >= 0.6 is 23.2 Å². The van der Waals surface area contributed by atoms with Crippen LogP contribution in [0.3, 0.4) is 0 Å². The van der Waals surface area contributed by atoms with E-state index in [-0.39, 0.29) is 11.1 Å². The fourth-order valence-electron chi connectivity index (χ4n) is 3.67. The van der Waals surface area contributed by atoms with Crippen LogP contribution in [0.1, 0.15) is 46.8 Å². The summed E-state index contributed by atoms with van der Waals surface area (Å²) < 4.78 is 144. The van der Waals surface area contributed by atoms with Crippen LogP contribution in [-0.4, -0.2) is 44.0 Å². The van der Waals surface area contributed by atoms with Crippen LogP contribution in [0.4, 0.5) is 39.5 Å². The minimum atomic E-state index is -5.14. The number of benzene rings is 2. The maximum absolute atomic E-state index is 14.3. The molecule has 0 bridgehead atoms. The average Bonchev–Trinajstić information content (AvgIpc) is 2.73. The molecule has 2 atom stereocenters. The fourth-order valence-corrected chi connectivity index (χ4v) is 5.63. The molecule has 1 N–H and O–H groups in total. The third-order valence-corrected chi connectivity index (χ3v) is 7.58. The van der Waals surface area contributed by atoms with E-state index in [1.807, 2.05) is 5.32 Å². The quantitative estimate of drug-likeness (QED) is 0.225. The largest absolute Gasteiger partial charge is 0.417 e. The molecule has 2 aromatic rings. The van der Waals surface area contributed by atoms with Crippen LogP contribution in [0.15, 0.2) is 36.4 Å². The van der Waals surface area contributed by atoms with E-state index in [1.165, 1.54) is 0 Å². The minimum Gasteiger partial charge on any atom is -0.349 e. The standard InChI is InChI=1S/C24H20Cl2F9NO3S/c1-12(10-40(38,39)11-23(30,31)32)36-21(37)15-5-3-13(7-17(15)24(33,34)35)4-6-16(22(2,28)29)14-8-18(25)20(27)19(26)9-14/h3-9,12,16H,10-11H2,1-2H3,(H,36,37)/b6-4+/t12-,16?/m1/s1. The van der Waals surface area contributed by atoms with Crippen molar-refractivity contribution in [2.24, 2.45) is 0 Å². The molecule has 0 saturated carbocycles. The number of carbonyl (C=O) groups excluding carboxylic acids is 1. The molecule has 40 heavy (non-hydrogen) atoms. The summed E-state index contributed by atoms with van der Waals surface area (Å²) in [4.78, 5) is 12.5. The summed E-state index contributed by atoms with van der Waals surface area (Å²) in [5, 5.41) is 0.808. The Labute approximate surface area is 233 Å². The molecule has 0 saturated heterocycles. The number of hydrogen-bond acceptors (Lipinski definition) is 3. The number of carbonyl (C=O) groups is 1. The van der Waals surface area contributed by atoms with Crippen molar-refractivity contribution in [3.63, 3.8) is 0 Å². The Morgan fingerprint density at radius 2 is 1.55 bits per heavy atom. The van der Waals surface area contributed by atoms with Crippen LogP contribution in [0.5, 0.6) is 0 Å². The number of alkyl halides is 8. The third kappa shape index (κ3) is 9.58. The molecule has 0 spiro atoms. The van der Waals surface area contributed by atoms with E-state index >= 15 is 0 Å². The predicted octanol–water partition coefficient (Wildman–Crippen LogP) is 7.70. The summed E-state index contributed by atoms with van der Waals surface area (Å²) >= 11 is 11.3. The third-order valence-electron chi connectivity index (χ3n) is 5.25. The number of halogens is 11. The van der Waals surface area contributed by atoms with Crippen molar-refractivity contribution in [2.45, 2.75) is 44.1 Å². The van der Waals surface area contributed by atoms with Crippen LogP contribution in [0.2, 0.25) is 10.0 Å². The van der Waals surface area contributed by atoms with Gasteiger partial charge in [-0.3, -0.25) is 4.79 Å². The van der Waals surface area contributed by atoms with E-state index in [0.29, 0.717) is 19.1 Å². The Kier molecular flexibility index (Phi) is 10.3. The zero-order valence-corrected chi connectivity index (χ0v) is 22.7. The van der Waals surface area contributed by atoms with E-state index in [0.717, 1.165) is 37.3 Å². The summed E-state index contributed by atoms with van der Waals surface area (Å²) in [6, 6.07) is 2.43. The zero-order chi connectivity index (χ0) is 30.8. The van der Waals surface area contributed by atoms with Crippen molar-refractivity contribution in [1.82, 2.24) is 5.32 Å². The molecule has 4 nitrogen and oxygen atoms in total. The van der Waals surface area contributed by atoms with E-state index in [2.05, 4.69) is 0 Å². The molecule has 2 rings (SSSR count). The highest BCUT2D eigenvalue weighted by Crippen LogP contribution is 2.39. The lowest BCUT2D eigenvalue weighted by molar-refractivity contribution is -0.138. The molecule has 0 aromatic heterocycles. The summed E-state index contributed by atoms with van der Waals surface area (Å²) in [6.45, 7) is 1.51. The van der Waals surface area contributed by atoms with Gasteiger partial charge >= 0.3 is 12.4 Å². The van der Waals surface area contributed by atoms with Crippen LogP contribution in [0, 0.1) is 5.82 Å². The second kappa shape index (κ2) is 12.2. The smallest absolute Gasteiger partial charge is 0.349 e. The van der Waals surface area contributed by atoms with Gasteiger partial charge in [0.15, 0.2) is 15.7 Å². The first-order valence-corrected chi connectivity index (χ1v) is 13.6. The van der Waals surface area contributed by atoms with E-state index < -0.39 is 84.5 Å². The summed E-state index contributed by atoms with van der Waals surface area (Å²) in [7, 11) is -4.74. The van der Waals surface area contributed by atoms with Crippen LogP contribution in [0.25, 0.3) is 6.08 Å². The lowest BCUT2D eigenvalue weighted by Gasteiger charge is -2.22. The molecular formula is C24H20Cl2F9NO3S. The number of rotatable bonds is 9. The van der Waals surface area contributed by atoms with Gasteiger partial charge in [-0.2, -0.15) is 26.3 Å². The molecule has 0 fully saturated rings. The average molecular weight is 644 g/mol. The number of hydrogen-bond donors (Lipinski definition) is 1. The molecule has 222 valence electrons. The highest BCUT2D eigenvalue weighted by molar-refractivity contribution is 7.91. The van der Waals surface area contributed by atoms with Gasteiger partial charge in [0.2, 0.25) is 0 Å². The number of nitrogens with one attached hydrogen (secondary N) is 1. The maximum atomic E-state index is 14.3. The zero-order valence-electron chi connectivity index (χ0n) is 20.4. The van der Waals surface area contributed by atoms with Gasteiger partial charge < -0.3 is 5.32 Å². The molecule has 1 amide bonds. The first-order chi connectivity index (χ1) is 18.0. The van der Waals surface area contributed by atoms with Gasteiger partial charge in [0.05, 0.1) is 32.8 Å². The highest BCUT2D eigenvalue weighted by atomic mass is 35.5. The number of allylic oxidation sites excluding steroid dienone is 1. The Hall–Kier alpha value is -2.45. The molecule has 0 aliphatic heterocycles. The lowest BCUT2D eigenvalue weighted by atomic mass is 9.92. The second-order valence-electron chi connectivity index (χ2n) is 8.94. The molecule has 0 aliphatic carbocycles. The molecule has 16 heteroatoms. The van der Waals surface area contributed by atoms with Gasteiger partial charge in [0.25, 0.3) is 11.8 Å². The predicted molar refractivity (Wildman–Crippen MR) is 132 cm³/mol. The Morgan fingerprint density at radius 1 is 1.00 bits per heavy atom. The van der Waals surface area contributed by atoms with Gasteiger partial charge in [-0.1, -0.05) is 41.4 Å². The molecule has 0 heterocycles. The van der Waals surface area contributed by atoms with Crippen molar-refractivity contribution in [3.8, 4) is 0 Å². The van der Waals surface area contributed by atoms with Crippen molar-refractivity contribution in [3.05, 3.63) is 74.5 Å². The fraction of sp³-hybridized carbons (Fsp3) is 0.375. The topological polar surface area (TPSA) is 63.2 Å². The van der Waals surface area contributed by atoms with Gasteiger partial charge in [-0.05, 0) is 42.3 Å². The number of amides is 1. The van der Waals surface area contributed by atoms with Crippen molar-refractivity contribution in [1.29, 1.82) is 0 Å². The molecule has 0 radical (unpaired) electrons. The maximum Gasteiger partial charge on any atom is 0.417 e. The van der Waals surface area contributed by atoms with Crippen molar-refractivity contribution in [2.75, 3.05) is 11.5 Å². The molecular weight excluding hydrogens is 624 g/mol. The van der Waals surface area contributed by atoms with Gasteiger partial charge in [-0.25, -0.2) is 21.6 Å². The second-order valence-corrected chi connectivity index (χ2v) is 11.9. The highest BCUT2D eigenvalue weighted by Gasteiger charge is 2.38. The molecule has 1 unspecified atom stereocenters. The Bertz CT molecular complexity index is 1360. The minimum absolute atomic E-state index is 0.235. The van der Waals surface area contributed by atoms with Crippen molar-refractivity contribution >= 4 is 45.0 Å². The van der Waals surface area contributed by atoms with Crippen LogP contribution < -0.4 is 5.32 Å². The van der Waals surface area contributed by atoms with E-state index in [9.17, 15) is 52.7 Å². The molecule has 0 aliphatic rings. The van der Waals surface area contributed by atoms with Gasteiger partial charge in [0.1, 0.15) is 5.75 Å². The van der Waals surface area contributed by atoms with Crippen molar-refractivity contribution < 1.29 is 52.7 Å².